The summed E-state index contributed by atoms with van der Waals surface area (Å²) in [7, 11) is 1.66. The van der Waals surface area contributed by atoms with Crippen molar-refractivity contribution in [3.63, 3.8) is 0 Å². The summed E-state index contributed by atoms with van der Waals surface area (Å²) in [5, 5.41) is -0.0801. The average Bonchev–Trinajstić information content (AvgIpc) is 3.19. The van der Waals surface area contributed by atoms with Crippen molar-refractivity contribution in [2.75, 3.05) is 52.3 Å². The predicted octanol–water partition coefficient (Wildman–Crippen LogP) is 3.08. The number of carbonyl (C=O) groups excluding carboxylic acids is 2. The number of benzene rings is 1. The molecule has 1 saturated heterocycles. The molecule has 1 aromatic rings. The molecule has 0 bridgehead atoms. The maximum Gasteiger partial charge on any atom is 0.305 e. The van der Waals surface area contributed by atoms with Gasteiger partial charge >= 0.3 is 5.97 Å². The fraction of sp³-hybridized carbons (Fsp3) is 0.619. The number of halogens is 1. The first kappa shape index (κ1) is 23.6. The summed E-state index contributed by atoms with van der Waals surface area (Å²) in [6.45, 7) is 5.15. The van der Waals surface area contributed by atoms with Gasteiger partial charge in [0, 0.05) is 39.0 Å². The minimum absolute atomic E-state index is 0.0536. The molecule has 1 amide bonds. The Morgan fingerprint density at radius 1 is 1.24 bits per heavy atom. The van der Waals surface area contributed by atoms with E-state index in [1.54, 1.807) is 37.9 Å². The van der Waals surface area contributed by atoms with Gasteiger partial charge in [0.25, 0.3) is 0 Å². The van der Waals surface area contributed by atoms with E-state index in [2.05, 4.69) is 4.90 Å². The maximum atomic E-state index is 13.2. The van der Waals surface area contributed by atoms with E-state index in [0.29, 0.717) is 45.7 Å². The summed E-state index contributed by atoms with van der Waals surface area (Å²) < 4.78 is 23.3. The van der Waals surface area contributed by atoms with Gasteiger partial charge in [-0.3, -0.25) is 14.5 Å². The number of amides is 1. The number of hydrogen-bond acceptors (Lipinski definition) is 6. The molecule has 1 aromatic carbocycles. The van der Waals surface area contributed by atoms with Gasteiger partial charge in [-0.25, -0.2) is 4.39 Å². The van der Waals surface area contributed by atoms with E-state index in [0.717, 1.165) is 24.3 Å². The quantitative estimate of drug-likeness (QED) is 0.378. The van der Waals surface area contributed by atoms with Crippen molar-refractivity contribution in [1.82, 2.24) is 9.80 Å². The lowest BCUT2D eigenvalue weighted by Gasteiger charge is -2.28. The number of esters is 1. The summed E-state index contributed by atoms with van der Waals surface area (Å²) in [5.74, 6) is 0.432. The number of nitrogens with zero attached hydrogens (tertiary/aromatic N) is 2. The molecule has 0 spiro atoms. The number of rotatable bonds is 12. The van der Waals surface area contributed by atoms with Crippen molar-refractivity contribution < 1.29 is 23.5 Å². The third-order valence-electron chi connectivity index (χ3n) is 4.71. The highest BCUT2D eigenvalue weighted by Gasteiger charge is 2.31. The lowest BCUT2D eigenvalue weighted by Crippen LogP contribution is -2.41. The van der Waals surface area contributed by atoms with Crippen LogP contribution in [0.4, 0.5) is 4.39 Å². The Kier molecular flexibility index (Phi) is 10.5. The van der Waals surface area contributed by atoms with E-state index in [9.17, 15) is 14.0 Å². The second-order valence-electron chi connectivity index (χ2n) is 6.89. The Morgan fingerprint density at radius 3 is 2.66 bits per heavy atom. The van der Waals surface area contributed by atoms with E-state index < -0.39 is 0 Å². The molecule has 29 heavy (non-hydrogen) atoms. The molecule has 1 fully saturated rings. The van der Waals surface area contributed by atoms with Crippen LogP contribution < -0.4 is 0 Å². The smallest absolute Gasteiger partial charge is 0.305 e. The molecule has 162 valence electrons. The average molecular weight is 427 g/mol. The van der Waals surface area contributed by atoms with Crippen LogP contribution in [-0.4, -0.2) is 73.9 Å². The van der Waals surface area contributed by atoms with E-state index in [4.69, 9.17) is 9.47 Å². The van der Waals surface area contributed by atoms with E-state index in [1.165, 1.54) is 12.1 Å². The van der Waals surface area contributed by atoms with E-state index in [1.807, 2.05) is 4.90 Å². The molecule has 6 nitrogen and oxygen atoms in total. The van der Waals surface area contributed by atoms with Crippen LogP contribution in [0.3, 0.4) is 0 Å². The van der Waals surface area contributed by atoms with Gasteiger partial charge < -0.3 is 14.4 Å². The molecular weight excluding hydrogens is 395 g/mol. The Bertz CT molecular complexity index is 644. The number of hydrogen-bond donors (Lipinski definition) is 0. The Labute approximate surface area is 176 Å². The van der Waals surface area contributed by atoms with Crippen LogP contribution in [0.5, 0.6) is 0 Å². The molecule has 0 saturated carbocycles. The lowest BCUT2D eigenvalue weighted by atomic mass is 10.2. The standard InChI is InChI=1S/C21H31FN2O4S/c1-3-28-20(26)6-4-11-23(12-5-14-27-2)16-19(25)24-13-15-29-21(24)17-7-9-18(22)10-8-17/h7-10,21H,3-6,11-16H2,1-2H3/t21-/m1/s1. The van der Waals surface area contributed by atoms with Crippen LogP contribution in [0, 0.1) is 5.82 Å². The van der Waals surface area contributed by atoms with Crippen LogP contribution in [0.1, 0.15) is 37.1 Å². The van der Waals surface area contributed by atoms with Gasteiger partial charge in [-0.2, -0.15) is 0 Å². The first-order valence-electron chi connectivity index (χ1n) is 10.1. The topological polar surface area (TPSA) is 59.1 Å². The third-order valence-corrected chi connectivity index (χ3v) is 5.97. The molecule has 1 heterocycles. The molecule has 1 atom stereocenters. The minimum Gasteiger partial charge on any atom is -0.466 e. The Hall–Kier alpha value is -1.64. The summed E-state index contributed by atoms with van der Waals surface area (Å²) in [5.41, 5.74) is 0.940. The molecule has 8 heteroatoms. The summed E-state index contributed by atoms with van der Waals surface area (Å²) in [4.78, 5) is 28.5. The van der Waals surface area contributed by atoms with Crippen molar-refractivity contribution in [3.8, 4) is 0 Å². The largest absolute Gasteiger partial charge is 0.466 e. The maximum absolute atomic E-state index is 13.2. The number of methoxy groups -OCH3 is 1. The van der Waals surface area contributed by atoms with E-state index >= 15 is 0 Å². The van der Waals surface area contributed by atoms with Gasteiger partial charge in [-0.15, -0.1) is 11.8 Å². The highest BCUT2D eigenvalue weighted by molar-refractivity contribution is 7.99. The van der Waals surface area contributed by atoms with Gasteiger partial charge in [0.15, 0.2) is 0 Å². The zero-order chi connectivity index (χ0) is 21.1. The molecule has 0 aromatic heterocycles. The number of carbonyl (C=O) groups is 2. The molecular formula is C21H31FN2O4S. The van der Waals surface area contributed by atoms with Crippen molar-refractivity contribution in [1.29, 1.82) is 0 Å². The minimum atomic E-state index is -0.277. The van der Waals surface area contributed by atoms with Gasteiger partial charge in [0.05, 0.1) is 13.2 Å². The molecule has 0 N–H and O–H groups in total. The summed E-state index contributed by atoms with van der Waals surface area (Å²) in [6.07, 6.45) is 1.81. The lowest BCUT2D eigenvalue weighted by molar-refractivity contribution is -0.143. The zero-order valence-corrected chi connectivity index (χ0v) is 18.1. The van der Waals surface area contributed by atoms with Gasteiger partial charge in [-0.1, -0.05) is 12.1 Å². The summed E-state index contributed by atoms with van der Waals surface area (Å²) >= 11 is 1.70. The Balaban J connectivity index is 1.93. The van der Waals surface area contributed by atoms with Crippen molar-refractivity contribution in [2.24, 2.45) is 0 Å². The van der Waals surface area contributed by atoms with Gasteiger partial charge in [0.1, 0.15) is 11.2 Å². The van der Waals surface area contributed by atoms with Crippen LogP contribution in [0.2, 0.25) is 0 Å². The van der Waals surface area contributed by atoms with E-state index in [-0.39, 0.29) is 23.1 Å². The normalized spacial score (nSPS) is 16.4. The van der Waals surface area contributed by atoms with Crippen LogP contribution >= 0.6 is 11.8 Å². The van der Waals surface area contributed by atoms with Crippen molar-refractivity contribution in [3.05, 3.63) is 35.6 Å². The zero-order valence-electron chi connectivity index (χ0n) is 17.3. The monoisotopic (exact) mass is 426 g/mol. The second-order valence-corrected chi connectivity index (χ2v) is 8.08. The van der Waals surface area contributed by atoms with Crippen LogP contribution in [-0.2, 0) is 19.1 Å². The van der Waals surface area contributed by atoms with Crippen molar-refractivity contribution >= 4 is 23.6 Å². The van der Waals surface area contributed by atoms with Crippen LogP contribution in [0.15, 0.2) is 24.3 Å². The molecule has 0 unspecified atom stereocenters. The van der Waals surface area contributed by atoms with Crippen molar-refractivity contribution in [2.45, 2.75) is 31.6 Å². The van der Waals surface area contributed by atoms with Crippen LogP contribution in [0.25, 0.3) is 0 Å². The second kappa shape index (κ2) is 12.8. The molecule has 0 aliphatic carbocycles. The Morgan fingerprint density at radius 2 is 1.97 bits per heavy atom. The molecule has 0 radical (unpaired) electrons. The fourth-order valence-corrected chi connectivity index (χ4v) is 4.57. The number of thioether (sulfide) groups is 1. The molecule has 2 rings (SSSR count). The highest BCUT2D eigenvalue weighted by Crippen LogP contribution is 2.37. The van der Waals surface area contributed by atoms with Gasteiger partial charge in [-0.05, 0) is 44.0 Å². The highest BCUT2D eigenvalue weighted by atomic mass is 32.2. The fourth-order valence-electron chi connectivity index (χ4n) is 3.29. The molecule has 1 aliphatic rings. The number of ether oxygens (including phenoxy) is 2. The summed E-state index contributed by atoms with van der Waals surface area (Å²) in [6, 6.07) is 6.36. The molecule has 1 aliphatic heterocycles. The first-order valence-corrected chi connectivity index (χ1v) is 11.1. The predicted molar refractivity (Wildman–Crippen MR) is 112 cm³/mol. The first-order chi connectivity index (χ1) is 14.0. The van der Waals surface area contributed by atoms with Gasteiger partial charge in [0.2, 0.25) is 5.91 Å². The third kappa shape index (κ3) is 7.95. The SMILES string of the molecule is CCOC(=O)CCCN(CCCOC)CC(=O)N1CCS[C@@H]1c1ccc(F)cc1.